The Hall–Kier alpha value is -1.52. The maximum atomic E-state index is 11.1. The van der Waals surface area contributed by atoms with Gasteiger partial charge in [0, 0.05) is 26.0 Å². The molecule has 0 aromatic carbocycles. The van der Waals surface area contributed by atoms with Crippen LogP contribution in [-0.4, -0.2) is 35.7 Å². The second-order valence-corrected chi connectivity index (χ2v) is 2.93. The molecule has 1 aromatic rings. The van der Waals surface area contributed by atoms with Crippen molar-refractivity contribution in [3.63, 3.8) is 0 Å². The quantitative estimate of drug-likeness (QED) is 0.656. The Morgan fingerprint density at radius 3 is 2.86 bits per heavy atom. The van der Waals surface area contributed by atoms with Gasteiger partial charge in [-0.05, 0) is 6.92 Å². The molecule has 0 aliphatic heterocycles. The van der Waals surface area contributed by atoms with Crippen LogP contribution in [0.5, 0.6) is 0 Å². The summed E-state index contributed by atoms with van der Waals surface area (Å²) in [6.45, 7) is 2.93. The Bertz CT molecular complexity index is 309. The highest BCUT2D eigenvalue weighted by Crippen LogP contribution is 2.08. The third kappa shape index (κ3) is 2.25. The number of carbonyl (C=O) groups is 1. The summed E-state index contributed by atoms with van der Waals surface area (Å²) in [6.07, 6.45) is 3.55. The van der Waals surface area contributed by atoms with Crippen LogP contribution in [0.3, 0.4) is 0 Å². The lowest BCUT2D eigenvalue weighted by atomic mass is 10.5. The Morgan fingerprint density at radius 2 is 2.43 bits per heavy atom. The van der Waals surface area contributed by atoms with Gasteiger partial charge < -0.3 is 14.2 Å². The van der Waals surface area contributed by atoms with Crippen LogP contribution in [0, 0.1) is 0 Å². The molecule has 0 spiro atoms. The molecule has 0 aliphatic rings. The lowest BCUT2D eigenvalue weighted by Crippen LogP contribution is -2.32. The highest BCUT2D eigenvalue weighted by atomic mass is 16.5. The summed E-state index contributed by atoms with van der Waals surface area (Å²) in [4.78, 5) is 17.1. The van der Waals surface area contributed by atoms with Crippen LogP contribution >= 0.6 is 0 Å². The van der Waals surface area contributed by atoms with Gasteiger partial charge in [0.15, 0.2) is 0 Å². The normalized spacial score (nSPS) is 9.93. The van der Waals surface area contributed by atoms with Crippen LogP contribution in [0.15, 0.2) is 12.4 Å². The molecule has 0 amide bonds. The van der Waals surface area contributed by atoms with Crippen LogP contribution in [0.4, 0.5) is 5.95 Å². The van der Waals surface area contributed by atoms with Crippen LogP contribution < -0.4 is 4.90 Å². The number of aromatic nitrogens is 2. The monoisotopic (exact) mass is 197 g/mol. The highest BCUT2D eigenvalue weighted by Gasteiger charge is 2.13. The first kappa shape index (κ1) is 10.6. The zero-order valence-corrected chi connectivity index (χ0v) is 8.73. The molecule has 0 saturated heterocycles. The molecule has 0 radical (unpaired) electrons. The Morgan fingerprint density at radius 1 is 1.71 bits per heavy atom. The maximum absolute atomic E-state index is 11.1. The smallest absolute Gasteiger partial charge is 0.325 e. The zero-order valence-electron chi connectivity index (χ0n) is 8.73. The van der Waals surface area contributed by atoms with Crippen molar-refractivity contribution in [3.05, 3.63) is 12.4 Å². The molecule has 14 heavy (non-hydrogen) atoms. The van der Waals surface area contributed by atoms with E-state index < -0.39 is 0 Å². The Labute approximate surface area is 83.3 Å². The summed E-state index contributed by atoms with van der Waals surface area (Å²) in [5.41, 5.74) is 0. The minimum Gasteiger partial charge on any atom is -0.468 e. The van der Waals surface area contributed by atoms with Gasteiger partial charge >= 0.3 is 5.97 Å². The van der Waals surface area contributed by atoms with Crippen LogP contribution in [-0.2, 0) is 16.6 Å². The van der Waals surface area contributed by atoms with E-state index in [1.165, 1.54) is 7.11 Å². The SMILES string of the molecule is CCN(CC(=O)OC)c1nccn1C. The zero-order chi connectivity index (χ0) is 10.6. The fourth-order valence-electron chi connectivity index (χ4n) is 1.21. The predicted molar refractivity (Wildman–Crippen MR) is 53.1 cm³/mol. The predicted octanol–water partition coefficient (Wildman–Crippen LogP) is 0.419. The summed E-state index contributed by atoms with van der Waals surface area (Å²) in [6, 6.07) is 0. The molecule has 0 saturated carbocycles. The maximum Gasteiger partial charge on any atom is 0.325 e. The standard InChI is InChI=1S/C9H15N3O2/c1-4-12(7-8(13)14-3)9-10-5-6-11(9)2/h5-6H,4,7H2,1-3H3. The fourth-order valence-corrected chi connectivity index (χ4v) is 1.21. The number of ether oxygens (including phenoxy) is 1. The molecule has 0 fully saturated rings. The minimum absolute atomic E-state index is 0.234. The number of anilines is 1. The highest BCUT2D eigenvalue weighted by molar-refractivity contribution is 5.74. The van der Waals surface area contributed by atoms with Crippen LogP contribution in [0.2, 0.25) is 0 Å². The molecule has 0 bridgehead atoms. The van der Waals surface area contributed by atoms with Crippen molar-refractivity contribution in [1.82, 2.24) is 9.55 Å². The summed E-state index contributed by atoms with van der Waals surface area (Å²) >= 11 is 0. The number of aryl methyl sites for hydroxylation is 1. The van der Waals surface area contributed by atoms with Crippen molar-refractivity contribution in [3.8, 4) is 0 Å². The van der Waals surface area contributed by atoms with Gasteiger partial charge in [-0.2, -0.15) is 0 Å². The van der Waals surface area contributed by atoms with Gasteiger partial charge in [-0.25, -0.2) is 4.98 Å². The first-order valence-corrected chi connectivity index (χ1v) is 4.48. The fraction of sp³-hybridized carbons (Fsp3) is 0.556. The molecule has 5 nitrogen and oxygen atoms in total. The van der Waals surface area contributed by atoms with Crippen molar-refractivity contribution < 1.29 is 9.53 Å². The third-order valence-corrected chi connectivity index (χ3v) is 2.01. The summed E-state index contributed by atoms with van der Waals surface area (Å²) in [5.74, 6) is 0.521. The van der Waals surface area contributed by atoms with E-state index in [2.05, 4.69) is 9.72 Å². The third-order valence-electron chi connectivity index (χ3n) is 2.01. The molecule has 0 aliphatic carbocycles. The molecular weight excluding hydrogens is 182 g/mol. The van der Waals surface area contributed by atoms with E-state index >= 15 is 0 Å². The van der Waals surface area contributed by atoms with E-state index in [1.54, 1.807) is 6.20 Å². The van der Waals surface area contributed by atoms with Gasteiger partial charge in [0.25, 0.3) is 0 Å². The number of nitrogens with zero attached hydrogens (tertiary/aromatic N) is 3. The summed E-state index contributed by atoms with van der Waals surface area (Å²) < 4.78 is 6.47. The number of esters is 1. The van der Waals surface area contributed by atoms with Gasteiger partial charge in [-0.1, -0.05) is 0 Å². The van der Waals surface area contributed by atoms with Crippen LogP contribution in [0.1, 0.15) is 6.92 Å². The van der Waals surface area contributed by atoms with Gasteiger partial charge in [0.1, 0.15) is 6.54 Å². The van der Waals surface area contributed by atoms with Gasteiger partial charge in [-0.3, -0.25) is 4.79 Å². The summed E-state index contributed by atoms with van der Waals surface area (Å²) in [7, 11) is 3.27. The number of likely N-dealkylation sites (N-methyl/N-ethyl adjacent to an activating group) is 1. The molecule has 5 heteroatoms. The van der Waals surface area contributed by atoms with E-state index in [0.717, 1.165) is 12.5 Å². The molecule has 0 atom stereocenters. The number of imidazole rings is 1. The first-order valence-electron chi connectivity index (χ1n) is 4.48. The second kappa shape index (κ2) is 4.64. The molecule has 1 rings (SSSR count). The van der Waals surface area contributed by atoms with Crippen molar-refractivity contribution in [2.24, 2.45) is 7.05 Å². The average molecular weight is 197 g/mol. The summed E-state index contributed by atoms with van der Waals surface area (Å²) in [5, 5.41) is 0. The van der Waals surface area contributed by atoms with E-state index in [0.29, 0.717) is 0 Å². The van der Waals surface area contributed by atoms with E-state index in [9.17, 15) is 4.79 Å². The van der Waals surface area contributed by atoms with Gasteiger partial charge in [0.2, 0.25) is 5.95 Å². The number of rotatable bonds is 4. The Kier molecular flexibility index (Phi) is 3.50. The molecule has 78 valence electrons. The average Bonchev–Trinajstić information content (AvgIpc) is 2.60. The number of carbonyl (C=O) groups excluding carboxylic acids is 1. The molecule has 0 unspecified atom stereocenters. The number of hydrogen-bond acceptors (Lipinski definition) is 4. The molecule has 0 N–H and O–H groups in total. The Balaban J connectivity index is 2.72. The van der Waals surface area contributed by atoms with Crippen molar-refractivity contribution in [2.75, 3.05) is 25.1 Å². The topological polar surface area (TPSA) is 47.4 Å². The van der Waals surface area contributed by atoms with E-state index in [4.69, 9.17) is 0 Å². The van der Waals surface area contributed by atoms with Gasteiger partial charge in [-0.15, -0.1) is 0 Å². The van der Waals surface area contributed by atoms with Gasteiger partial charge in [0.05, 0.1) is 7.11 Å². The van der Waals surface area contributed by atoms with E-state index in [-0.39, 0.29) is 12.5 Å². The first-order chi connectivity index (χ1) is 6.69. The molecule has 1 aromatic heterocycles. The van der Waals surface area contributed by atoms with Crippen LogP contribution in [0.25, 0.3) is 0 Å². The molecular formula is C9H15N3O2. The number of methoxy groups -OCH3 is 1. The number of hydrogen-bond donors (Lipinski definition) is 0. The van der Waals surface area contributed by atoms with Crippen molar-refractivity contribution in [2.45, 2.75) is 6.92 Å². The second-order valence-electron chi connectivity index (χ2n) is 2.93. The lowest BCUT2D eigenvalue weighted by molar-refractivity contribution is -0.138. The minimum atomic E-state index is -0.255. The van der Waals surface area contributed by atoms with Crippen molar-refractivity contribution in [1.29, 1.82) is 0 Å². The van der Waals surface area contributed by atoms with E-state index in [1.807, 2.05) is 29.6 Å². The largest absolute Gasteiger partial charge is 0.468 e. The van der Waals surface area contributed by atoms with Crippen molar-refractivity contribution >= 4 is 11.9 Å². The molecule has 1 heterocycles. The lowest BCUT2D eigenvalue weighted by Gasteiger charge is -2.20.